The number of allylic oxidation sites excluding steroid dienone is 1. The average molecular weight is 473 g/mol. The smallest absolute Gasteiger partial charge is 0.255 e. The summed E-state index contributed by atoms with van der Waals surface area (Å²) in [7, 11) is 0. The monoisotopic (exact) mass is 472 g/mol. The second kappa shape index (κ2) is 9.36. The van der Waals surface area contributed by atoms with Gasteiger partial charge in [-0.3, -0.25) is 4.79 Å². The summed E-state index contributed by atoms with van der Waals surface area (Å²) < 4.78 is 7.61. The Morgan fingerprint density at radius 3 is 2.71 bits per heavy atom. The van der Waals surface area contributed by atoms with Gasteiger partial charge in [0.2, 0.25) is 5.95 Å². The lowest BCUT2D eigenvalue weighted by molar-refractivity contribution is -0.113. The fourth-order valence-corrected chi connectivity index (χ4v) is 4.08. The molecule has 0 fully saturated rings. The maximum absolute atomic E-state index is 13.4. The lowest BCUT2D eigenvalue weighted by atomic mass is 9.95. The second-order valence-electron chi connectivity index (χ2n) is 7.79. The third kappa shape index (κ3) is 4.35. The molecule has 4 aromatic rings. The standard InChI is InChI=1S/C25H21ClN6O2/c1-16-22(24(33)28-19-10-3-2-4-11-19)23(32-25(27-16)29-30-31-32)17-9-7-12-20(14-17)34-15-18-8-5-6-13-21(18)26/h2-14,23H,15H2,1H3,(H,28,33)(H,27,29,31). The fraction of sp³-hybridized carbons (Fsp3) is 0.120. The van der Waals surface area contributed by atoms with Crippen LogP contribution in [0.15, 0.2) is 90.1 Å². The zero-order valence-corrected chi connectivity index (χ0v) is 19.0. The normalized spacial score (nSPS) is 14.8. The number of fused-ring (bicyclic) bond motifs is 1. The molecule has 0 aliphatic carbocycles. The Kier molecular flexibility index (Phi) is 5.97. The second-order valence-corrected chi connectivity index (χ2v) is 8.19. The number of hydrogen-bond acceptors (Lipinski definition) is 6. The van der Waals surface area contributed by atoms with Crippen LogP contribution >= 0.6 is 11.6 Å². The third-order valence-corrected chi connectivity index (χ3v) is 5.89. The number of hydrogen-bond donors (Lipinski definition) is 2. The van der Waals surface area contributed by atoms with Crippen LogP contribution in [-0.2, 0) is 11.4 Å². The molecule has 2 heterocycles. The van der Waals surface area contributed by atoms with Gasteiger partial charge in [-0.15, -0.1) is 0 Å². The molecule has 0 saturated heterocycles. The average Bonchev–Trinajstić information content (AvgIpc) is 3.31. The third-order valence-electron chi connectivity index (χ3n) is 5.52. The van der Waals surface area contributed by atoms with Crippen molar-refractivity contribution in [3.63, 3.8) is 0 Å². The van der Waals surface area contributed by atoms with Gasteiger partial charge in [0.25, 0.3) is 5.91 Å². The van der Waals surface area contributed by atoms with Crippen LogP contribution in [0.4, 0.5) is 11.6 Å². The number of rotatable bonds is 6. The van der Waals surface area contributed by atoms with E-state index in [1.807, 2.05) is 85.8 Å². The van der Waals surface area contributed by atoms with Crippen molar-refractivity contribution in [3.05, 3.63) is 106 Å². The van der Waals surface area contributed by atoms with Gasteiger partial charge in [0, 0.05) is 22.0 Å². The van der Waals surface area contributed by atoms with Crippen LogP contribution < -0.4 is 15.4 Å². The number of aromatic nitrogens is 4. The largest absolute Gasteiger partial charge is 0.489 e. The number of halogens is 1. The number of benzene rings is 3. The molecule has 1 aliphatic heterocycles. The van der Waals surface area contributed by atoms with E-state index in [1.54, 1.807) is 4.68 Å². The maximum atomic E-state index is 13.4. The lowest BCUT2D eigenvalue weighted by Crippen LogP contribution is -2.31. The van der Waals surface area contributed by atoms with E-state index in [2.05, 4.69) is 26.2 Å². The number of carbonyl (C=O) groups excluding carboxylic acids is 1. The van der Waals surface area contributed by atoms with Crippen LogP contribution in [0.25, 0.3) is 0 Å². The minimum absolute atomic E-state index is 0.246. The first-order chi connectivity index (χ1) is 16.6. The summed E-state index contributed by atoms with van der Waals surface area (Å²) in [5.41, 5.74) is 3.57. The molecule has 34 heavy (non-hydrogen) atoms. The van der Waals surface area contributed by atoms with Crippen LogP contribution in [0, 0.1) is 0 Å². The molecular weight excluding hydrogens is 452 g/mol. The first-order valence-corrected chi connectivity index (χ1v) is 11.1. The van der Waals surface area contributed by atoms with E-state index in [1.165, 1.54) is 0 Å². The van der Waals surface area contributed by atoms with Crippen LogP contribution in [-0.4, -0.2) is 26.1 Å². The maximum Gasteiger partial charge on any atom is 0.255 e. The van der Waals surface area contributed by atoms with Crippen molar-refractivity contribution in [1.29, 1.82) is 0 Å². The summed E-state index contributed by atoms with van der Waals surface area (Å²) in [6.07, 6.45) is 0. The van der Waals surface area contributed by atoms with Gasteiger partial charge in [-0.2, -0.15) is 4.68 Å². The number of anilines is 2. The van der Waals surface area contributed by atoms with Gasteiger partial charge in [-0.05, 0) is 53.2 Å². The first-order valence-electron chi connectivity index (χ1n) is 10.7. The number of para-hydroxylation sites is 1. The summed E-state index contributed by atoms with van der Waals surface area (Å²) in [5.74, 6) is 0.858. The van der Waals surface area contributed by atoms with Crippen molar-refractivity contribution in [2.45, 2.75) is 19.6 Å². The Hall–Kier alpha value is -4.17. The number of nitrogens with zero attached hydrogens (tertiary/aromatic N) is 4. The molecule has 2 N–H and O–H groups in total. The SMILES string of the molecule is CC1=C(C(=O)Nc2ccccc2)C(c2cccc(OCc3ccccc3Cl)c2)n2nnnc2N1. The fourth-order valence-electron chi connectivity index (χ4n) is 3.89. The Morgan fingerprint density at radius 2 is 1.88 bits per heavy atom. The minimum atomic E-state index is -0.543. The highest BCUT2D eigenvalue weighted by Crippen LogP contribution is 2.36. The number of tetrazole rings is 1. The highest BCUT2D eigenvalue weighted by Gasteiger charge is 2.34. The predicted molar refractivity (Wildman–Crippen MR) is 130 cm³/mol. The molecule has 0 spiro atoms. The number of nitrogens with one attached hydrogen (secondary N) is 2. The van der Waals surface area contributed by atoms with Gasteiger partial charge in [0.1, 0.15) is 18.4 Å². The topological polar surface area (TPSA) is 94.0 Å². The lowest BCUT2D eigenvalue weighted by Gasteiger charge is -2.28. The molecule has 0 radical (unpaired) electrons. The van der Waals surface area contributed by atoms with E-state index < -0.39 is 6.04 Å². The summed E-state index contributed by atoms with van der Waals surface area (Å²) in [4.78, 5) is 13.4. The molecule has 8 nitrogen and oxygen atoms in total. The van der Waals surface area contributed by atoms with Gasteiger partial charge in [-0.1, -0.05) is 65.2 Å². The summed E-state index contributed by atoms with van der Waals surface area (Å²) in [5, 5.41) is 18.7. The van der Waals surface area contributed by atoms with Crippen molar-refractivity contribution in [1.82, 2.24) is 20.2 Å². The van der Waals surface area contributed by atoms with Gasteiger partial charge in [0.15, 0.2) is 0 Å². The van der Waals surface area contributed by atoms with Gasteiger partial charge in [-0.25, -0.2) is 0 Å². The van der Waals surface area contributed by atoms with Crippen molar-refractivity contribution >= 4 is 29.1 Å². The van der Waals surface area contributed by atoms with Crippen LogP contribution in [0.1, 0.15) is 24.1 Å². The molecule has 0 bridgehead atoms. The molecular formula is C25H21ClN6O2. The predicted octanol–water partition coefficient (Wildman–Crippen LogP) is 4.83. The van der Waals surface area contributed by atoms with Gasteiger partial charge < -0.3 is 15.4 Å². The van der Waals surface area contributed by atoms with Crippen molar-refractivity contribution in [3.8, 4) is 5.75 Å². The highest BCUT2D eigenvalue weighted by molar-refractivity contribution is 6.31. The molecule has 170 valence electrons. The molecule has 1 unspecified atom stereocenters. The molecule has 1 atom stereocenters. The number of amides is 1. The zero-order valence-electron chi connectivity index (χ0n) is 18.3. The highest BCUT2D eigenvalue weighted by atomic mass is 35.5. The van der Waals surface area contributed by atoms with Crippen molar-refractivity contribution in [2.24, 2.45) is 0 Å². The molecule has 3 aromatic carbocycles. The molecule has 5 rings (SSSR count). The van der Waals surface area contributed by atoms with Crippen molar-refractivity contribution < 1.29 is 9.53 Å². The molecule has 1 amide bonds. The molecule has 0 saturated carbocycles. The Labute approximate surface area is 201 Å². The zero-order chi connectivity index (χ0) is 23.5. The molecule has 9 heteroatoms. The summed E-state index contributed by atoms with van der Waals surface area (Å²) in [6.45, 7) is 2.16. The minimum Gasteiger partial charge on any atom is -0.489 e. The van der Waals surface area contributed by atoms with E-state index in [0.29, 0.717) is 40.3 Å². The van der Waals surface area contributed by atoms with Gasteiger partial charge in [0.05, 0.1) is 5.57 Å². The Morgan fingerprint density at radius 1 is 1.09 bits per heavy atom. The Bertz CT molecular complexity index is 1370. The van der Waals surface area contributed by atoms with Gasteiger partial charge >= 0.3 is 0 Å². The molecule has 1 aliphatic rings. The van der Waals surface area contributed by atoms with Crippen molar-refractivity contribution in [2.75, 3.05) is 10.6 Å². The Balaban J connectivity index is 1.47. The van der Waals surface area contributed by atoms with E-state index in [4.69, 9.17) is 16.3 Å². The van der Waals surface area contributed by atoms with E-state index in [-0.39, 0.29) is 5.91 Å². The van der Waals surface area contributed by atoms with Crippen LogP contribution in [0.3, 0.4) is 0 Å². The number of ether oxygens (including phenoxy) is 1. The van der Waals surface area contributed by atoms with E-state index >= 15 is 0 Å². The first kappa shape index (κ1) is 21.7. The van der Waals surface area contributed by atoms with Crippen LogP contribution in [0.2, 0.25) is 5.02 Å². The summed E-state index contributed by atoms with van der Waals surface area (Å²) in [6, 6.07) is 23.9. The van der Waals surface area contributed by atoms with E-state index in [9.17, 15) is 4.79 Å². The molecule has 1 aromatic heterocycles. The quantitative estimate of drug-likeness (QED) is 0.417. The van der Waals surface area contributed by atoms with E-state index in [0.717, 1.165) is 11.1 Å². The van der Waals surface area contributed by atoms with Crippen LogP contribution in [0.5, 0.6) is 5.75 Å². The number of carbonyl (C=O) groups is 1. The summed E-state index contributed by atoms with van der Waals surface area (Å²) >= 11 is 6.26.